The van der Waals surface area contributed by atoms with Gasteiger partial charge in [-0.15, -0.1) is 0 Å². The summed E-state index contributed by atoms with van der Waals surface area (Å²) in [5.41, 5.74) is 14.3. The summed E-state index contributed by atoms with van der Waals surface area (Å²) in [4.78, 5) is 29.5. The van der Waals surface area contributed by atoms with Gasteiger partial charge in [-0.05, 0) is 82.4 Å². The van der Waals surface area contributed by atoms with Crippen molar-refractivity contribution in [1.29, 1.82) is 0 Å². The number of nitrogens with zero attached hydrogens (tertiary/aromatic N) is 6. The first-order valence-electron chi connectivity index (χ1n) is 20.6. The van der Waals surface area contributed by atoms with Crippen LogP contribution in [0.25, 0.3) is 78.9 Å². The van der Waals surface area contributed by atoms with Gasteiger partial charge < -0.3 is 4.74 Å². The van der Waals surface area contributed by atoms with E-state index in [0.717, 1.165) is 95.2 Å². The van der Waals surface area contributed by atoms with Crippen LogP contribution in [-0.4, -0.2) is 29.9 Å². The lowest BCUT2D eigenvalue weighted by Crippen LogP contribution is -2.32. The SMILES string of the molecule is c1ccc(-c2nc(-c3ccccc3)nc(-c3ccc4c(c3)C3(c5ccccc5Oc5ccccc53)c3cc(-c5ccc(-c6cccnc6)nc5-c5cccnc5)ccc3-4)n2)cc1. The van der Waals surface area contributed by atoms with Crippen molar-refractivity contribution >= 4 is 0 Å². The van der Waals surface area contributed by atoms with E-state index in [1.807, 2.05) is 103 Å². The summed E-state index contributed by atoms with van der Waals surface area (Å²) in [7, 11) is 0. The van der Waals surface area contributed by atoms with E-state index in [1.54, 1.807) is 12.4 Å². The molecule has 62 heavy (non-hydrogen) atoms. The zero-order chi connectivity index (χ0) is 41.0. The third kappa shape index (κ3) is 5.67. The van der Waals surface area contributed by atoms with Gasteiger partial charge >= 0.3 is 0 Å². The molecule has 0 fully saturated rings. The molecule has 0 atom stereocenters. The predicted octanol–water partition coefficient (Wildman–Crippen LogP) is 12.5. The maximum Gasteiger partial charge on any atom is 0.164 e. The average molecular weight is 795 g/mol. The molecule has 1 aliphatic carbocycles. The average Bonchev–Trinajstić information content (AvgIpc) is 3.64. The van der Waals surface area contributed by atoms with Gasteiger partial charge in [0.15, 0.2) is 17.5 Å². The number of aromatic nitrogens is 6. The van der Waals surface area contributed by atoms with E-state index in [-0.39, 0.29) is 0 Å². The number of para-hydroxylation sites is 2. The Morgan fingerprint density at radius 1 is 0.339 bits per heavy atom. The van der Waals surface area contributed by atoms with Crippen LogP contribution in [0, 0.1) is 0 Å². The number of ether oxygens (including phenoxy) is 1. The van der Waals surface area contributed by atoms with Crippen molar-refractivity contribution < 1.29 is 4.74 Å². The van der Waals surface area contributed by atoms with Crippen molar-refractivity contribution in [3.63, 3.8) is 0 Å². The monoisotopic (exact) mass is 794 g/mol. The minimum Gasteiger partial charge on any atom is -0.457 e. The molecule has 0 N–H and O–H groups in total. The van der Waals surface area contributed by atoms with Gasteiger partial charge in [-0.2, -0.15) is 0 Å². The Balaban J connectivity index is 1.11. The molecule has 0 amide bonds. The summed E-state index contributed by atoms with van der Waals surface area (Å²) < 4.78 is 6.73. The lowest BCUT2D eigenvalue weighted by atomic mass is 9.65. The fourth-order valence-corrected chi connectivity index (χ4v) is 9.23. The van der Waals surface area contributed by atoms with Crippen LogP contribution in [0.3, 0.4) is 0 Å². The fraction of sp³-hybridized carbons (Fsp3) is 0.0182. The molecule has 6 aromatic carbocycles. The maximum atomic E-state index is 6.73. The van der Waals surface area contributed by atoms with E-state index < -0.39 is 5.41 Å². The van der Waals surface area contributed by atoms with E-state index in [4.69, 9.17) is 24.7 Å². The van der Waals surface area contributed by atoms with Crippen molar-refractivity contribution in [3.8, 4) is 90.4 Å². The van der Waals surface area contributed by atoms with Crippen LogP contribution in [0.5, 0.6) is 11.5 Å². The highest BCUT2D eigenvalue weighted by Gasteiger charge is 2.51. The molecule has 290 valence electrons. The van der Waals surface area contributed by atoms with Crippen LogP contribution in [0.15, 0.2) is 207 Å². The van der Waals surface area contributed by atoms with Crippen molar-refractivity contribution in [2.45, 2.75) is 5.41 Å². The second-order valence-corrected chi connectivity index (χ2v) is 15.5. The Labute approximate surface area is 358 Å². The molecule has 1 aliphatic heterocycles. The summed E-state index contributed by atoms with van der Waals surface area (Å²) in [5, 5.41) is 0. The number of pyridine rings is 3. The lowest BCUT2D eigenvalue weighted by Gasteiger charge is -2.39. The molecule has 7 heteroatoms. The van der Waals surface area contributed by atoms with Gasteiger partial charge in [0.2, 0.25) is 0 Å². The molecule has 10 aromatic rings. The highest BCUT2D eigenvalue weighted by atomic mass is 16.5. The van der Waals surface area contributed by atoms with Gasteiger partial charge in [0.1, 0.15) is 11.5 Å². The first-order chi connectivity index (χ1) is 30.7. The second-order valence-electron chi connectivity index (χ2n) is 15.5. The van der Waals surface area contributed by atoms with Crippen LogP contribution in [0.4, 0.5) is 0 Å². The zero-order valence-corrected chi connectivity index (χ0v) is 33.2. The number of rotatable bonds is 6. The Bertz CT molecular complexity index is 3220. The Hall–Kier alpha value is -8.42. The van der Waals surface area contributed by atoms with E-state index in [9.17, 15) is 0 Å². The van der Waals surface area contributed by atoms with Crippen LogP contribution < -0.4 is 4.74 Å². The van der Waals surface area contributed by atoms with Crippen molar-refractivity contribution in [1.82, 2.24) is 29.9 Å². The Morgan fingerprint density at radius 3 is 1.40 bits per heavy atom. The van der Waals surface area contributed by atoms with Crippen LogP contribution in [0.1, 0.15) is 22.3 Å². The highest BCUT2D eigenvalue weighted by molar-refractivity contribution is 5.93. The molecule has 12 rings (SSSR count). The standard InChI is InChI=1S/C55H34N6O/c1-3-13-35(14-4-1)52-59-53(36-15-5-2-6-16-36)61-54(60-52)38-24-26-43-42-25-23-37(41-27-28-48(39-17-11-29-56-33-39)58-51(41)40-18-12-30-57-34-40)31-46(42)55(47(43)32-38)44-19-7-9-21-49(44)62-50-22-10-8-20-45(50)55/h1-34H. The van der Waals surface area contributed by atoms with E-state index >= 15 is 0 Å². The molecular weight excluding hydrogens is 761 g/mol. The minimum absolute atomic E-state index is 0.599. The van der Waals surface area contributed by atoms with Crippen molar-refractivity contribution in [2.75, 3.05) is 0 Å². The normalized spacial score (nSPS) is 12.8. The van der Waals surface area contributed by atoms with Gasteiger partial charge in [0, 0.05) is 69.3 Å². The Morgan fingerprint density at radius 2 is 0.823 bits per heavy atom. The summed E-state index contributed by atoms with van der Waals surface area (Å²) in [5.74, 6) is 3.47. The summed E-state index contributed by atoms with van der Waals surface area (Å²) in [6.07, 6.45) is 7.30. The molecule has 0 bridgehead atoms. The quantitative estimate of drug-likeness (QED) is 0.166. The van der Waals surface area contributed by atoms with Gasteiger partial charge in [-0.25, -0.2) is 19.9 Å². The summed E-state index contributed by atoms with van der Waals surface area (Å²) in [6, 6.07) is 62.8. The topological polar surface area (TPSA) is 86.6 Å². The fourth-order valence-electron chi connectivity index (χ4n) is 9.23. The van der Waals surface area contributed by atoms with Gasteiger partial charge in [0.05, 0.1) is 16.8 Å². The first kappa shape index (κ1) is 35.5. The largest absolute Gasteiger partial charge is 0.457 e. The van der Waals surface area contributed by atoms with Gasteiger partial charge in [0.25, 0.3) is 0 Å². The highest BCUT2D eigenvalue weighted by Crippen LogP contribution is 2.63. The number of hydrogen-bond donors (Lipinski definition) is 0. The minimum atomic E-state index is -0.753. The number of hydrogen-bond acceptors (Lipinski definition) is 7. The van der Waals surface area contributed by atoms with E-state index in [2.05, 4.69) is 101 Å². The molecular formula is C55H34N6O. The van der Waals surface area contributed by atoms with E-state index in [0.29, 0.717) is 17.5 Å². The molecule has 5 heterocycles. The molecule has 0 unspecified atom stereocenters. The molecule has 0 saturated carbocycles. The lowest BCUT2D eigenvalue weighted by molar-refractivity contribution is 0.436. The molecule has 2 aliphatic rings. The first-order valence-corrected chi connectivity index (χ1v) is 20.6. The van der Waals surface area contributed by atoms with Gasteiger partial charge in [-0.1, -0.05) is 127 Å². The predicted molar refractivity (Wildman–Crippen MR) is 243 cm³/mol. The van der Waals surface area contributed by atoms with Crippen molar-refractivity contribution in [3.05, 3.63) is 229 Å². The third-order valence-electron chi connectivity index (χ3n) is 12.0. The molecule has 0 saturated heterocycles. The summed E-state index contributed by atoms with van der Waals surface area (Å²) >= 11 is 0. The molecule has 0 radical (unpaired) electrons. The van der Waals surface area contributed by atoms with Crippen molar-refractivity contribution in [2.24, 2.45) is 0 Å². The molecule has 7 nitrogen and oxygen atoms in total. The molecule has 1 spiro atoms. The second kappa shape index (κ2) is 14.4. The summed E-state index contributed by atoms with van der Waals surface area (Å²) in [6.45, 7) is 0. The number of benzene rings is 6. The third-order valence-corrected chi connectivity index (χ3v) is 12.0. The Kier molecular flexibility index (Phi) is 8.25. The van der Waals surface area contributed by atoms with Crippen LogP contribution >= 0.6 is 0 Å². The maximum absolute atomic E-state index is 6.73. The van der Waals surface area contributed by atoms with E-state index in [1.165, 1.54) is 0 Å². The smallest absolute Gasteiger partial charge is 0.164 e. The molecule has 4 aromatic heterocycles. The van der Waals surface area contributed by atoms with Crippen LogP contribution in [0.2, 0.25) is 0 Å². The number of fused-ring (bicyclic) bond motifs is 9. The zero-order valence-electron chi connectivity index (χ0n) is 33.2. The van der Waals surface area contributed by atoms with Crippen LogP contribution in [-0.2, 0) is 5.41 Å². The van der Waals surface area contributed by atoms with Gasteiger partial charge in [-0.3, -0.25) is 9.97 Å².